The van der Waals surface area contributed by atoms with E-state index in [0.29, 0.717) is 96.5 Å². The Morgan fingerprint density at radius 2 is 1.03 bits per heavy atom. The summed E-state index contributed by atoms with van der Waals surface area (Å²) in [6, 6.07) is 10.6. The number of aldehydes is 2. The molecule has 0 aliphatic carbocycles. The number of hydrogen-bond donors (Lipinski definition) is 4. The van der Waals surface area contributed by atoms with E-state index in [4.69, 9.17) is 39.0 Å². The topological polar surface area (TPSA) is 318 Å². The van der Waals surface area contributed by atoms with Gasteiger partial charge in [-0.05, 0) is 59.9 Å². The van der Waals surface area contributed by atoms with Crippen LogP contribution in [0.2, 0.25) is 0 Å². The second-order valence-corrected chi connectivity index (χ2v) is 20.5. The van der Waals surface area contributed by atoms with Gasteiger partial charge in [0.2, 0.25) is 0 Å². The number of carbonyl (C=O) groups excluding carboxylic acids is 8. The van der Waals surface area contributed by atoms with Gasteiger partial charge in [-0.25, -0.2) is 9.59 Å². The fraction of sp³-hybridized carbons (Fsp3) is 0.706. The maximum Gasteiger partial charge on any atom is 1.00 e. The van der Waals surface area contributed by atoms with Gasteiger partial charge in [0.25, 0.3) is 6.47 Å². The predicted octanol–water partition coefficient (Wildman–Crippen LogP) is -1.80. The average Bonchev–Trinajstić information content (AvgIpc) is 3.69. The first kappa shape index (κ1) is 70.8. The summed E-state index contributed by atoms with van der Waals surface area (Å²) < 4.78 is 40.2. The third-order valence-corrected chi connectivity index (χ3v) is 11.8. The number of carbonyl (C=O) groups is 9. The monoisotopic (exact) mass is 1100 g/mol. The molecule has 7 fully saturated rings. The molecule has 26 heteroatoms. The van der Waals surface area contributed by atoms with Crippen molar-refractivity contribution in [1.82, 2.24) is 14.7 Å². The summed E-state index contributed by atoms with van der Waals surface area (Å²) in [5.41, 5.74) is 0.328. The van der Waals surface area contributed by atoms with Crippen molar-refractivity contribution in [2.24, 2.45) is 0 Å². The number of nitrogens with zero attached hydrogens (tertiary/aromatic N) is 3. The number of carboxylic acids is 1. The van der Waals surface area contributed by atoms with E-state index >= 15 is 0 Å². The standard InChI is InChI=1S/C14H17NO2.C12H21NO4.C12H19NO4.C5H6O5.C4H8O3.C4H6O3.B.Na.H/c16-14-6-12-9-17-10-13(7-14)15(12)8-11-4-2-1-3-5-11;2*1-12(2,3)17-11(15)13-8-4-10(14)5-9(13)7-16-6-8;6-3-10-2-4(7)1-5(8)9;5-3-1-7-2-4(3)6;5-1-3-7-4-2-6;;;/h1-5,12-13H,6-10H2;8-10,14H,4-7H2,1-3H3;8-9H,4-7H2,1-3H3;3H,1-2H2,(H,8,9);3-6H,1-2H2;1-2H,3-4H2;;;/q;;;;;;;+1;-1. The first-order valence-electron chi connectivity index (χ1n) is 24.9. The Kier molecular flexibility index (Phi) is 33.2. The van der Waals surface area contributed by atoms with Crippen LogP contribution in [0.1, 0.15) is 93.5 Å². The fourth-order valence-corrected chi connectivity index (χ4v) is 8.72. The molecule has 427 valence electrons. The third kappa shape index (κ3) is 27.0. The molecule has 2 amide bonds. The van der Waals surface area contributed by atoms with E-state index in [1.165, 1.54) is 5.56 Å². The summed E-state index contributed by atoms with van der Waals surface area (Å²) >= 11 is 0. The molecule has 7 heterocycles. The van der Waals surface area contributed by atoms with E-state index in [2.05, 4.69) is 43.4 Å². The quantitative estimate of drug-likeness (QED) is 0.0624. The Labute approximate surface area is 475 Å². The van der Waals surface area contributed by atoms with E-state index in [1.54, 1.807) is 9.80 Å². The fourth-order valence-electron chi connectivity index (χ4n) is 8.72. The zero-order valence-electron chi connectivity index (χ0n) is 46.4. The summed E-state index contributed by atoms with van der Waals surface area (Å²) in [5, 5.41) is 35.0. The van der Waals surface area contributed by atoms with Crippen molar-refractivity contribution < 1.29 is 132 Å². The van der Waals surface area contributed by atoms with Crippen molar-refractivity contribution in [3.8, 4) is 0 Å². The van der Waals surface area contributed by atoms with E-state index in [1.807, 2.05) is 47.6 Å². The number of piperidine rings is 3. The van der Waals surface area contributed by atoms with Crippen molar-refractivity contribution in [3.05, 3.63) is 35.9 Å². The Balaban J connectivity index is 0.000000937. The molecule has 8 atom stereocenters. The van der Waals surface area contributed by atoms with Gasteiger partial charge in [-0.2, -0.15) is 0 Å². The number of benzene rings is 1. The maximum atomic E-state index is 12.1. The molecule has 1 aromatic rings. The summed E-state index contributed by atoms with van der Waals surface area (Å²) in [6.07, 6.45) is 1.59. The van der Waals surface area contributed by atoms with Crippen LogP contribution in [0.25, 0.3) is 0 Å². The molecule has 0 saturated carbocycles. The number of rotatable bonds is 11. The van der Waals surface area contributed by atoms with Crippen LogP contribution in [0.4, 0.5) is 9.59 Å². The summed E-state index contributed by atoms with van der Waals surface area (Å²) in [6.45, 7) is 15.5. The van der Waals surface area contributed by atoms with Gasteiger partial charge >= 0.3 is 47.7 Å². The van der Waals surface area contributed by atoms with E-state index in [0.717, 1.165) is 6.54 Å². The molecule has 0 aromatic heterocycles. The smallest absolute Gasteiger partial charge is 1.00 e. The number of morpholine rings is 3. The first-order valence-corrected chi connectivity index (χ1v) is 24.9. The molecule has 77 heavy (non-hydrogen) atoms. The van der Waals surface area contributed by atoms with Gasteiger partial charge in [-0.15, -0.1) is 0 Å². The zero-order chi connectivity index (χ0) is 55.7. The van der Waals surface area contributed by atoms with Gasteiger partial charge in [0.1, 0.15) is 73.8 Å². The van der Waals surface area contributed by atoms with Gasteiger partial charge in [0.15, 0.2) is 5.78 Å². The number of hydrogen-bond acceptors (Lipinski definition) is 21. The normalized spacial score (nSPS) is 25.9. The number of ketones is 3. The van der Waals surface area contributed by atoms with E-state index in [-0.39, 0.29) is 133 Å². The van der Waals surface area contributed by atoms with Gasteiger partial charge in [0, 0.05) is 52.7 Å². The van der Waals surface area contributed by atoms with Crippen LogP contribution >= 0.6 is 0 Å². The van der Waals surface area contributed by atoms with Crippen LogP contribution in [0.3, 0.4) is 0 Å². The number of aliphatic hydroxyl groups excluding tert-OH is 3. The van der Waals surface area contributed by atoms with Crippen LogP contribution in [0, 0.1) is 0 Å². The van der Waals surface area contributed by atoms with Crippen LogP contribution in [-0.2, 0) is 78.0 Å². The van der Waals surface area contributed by atoms with Crippen LogP contribution in [0.5, 0.6) is 0 Å². The molecule has 1 aromatic carbocycles. The largest absolute Gasteiger partial charge is 1.00 e. The minimum atomic E-state index is -1.22. The number of carboxylic acid groups (broad SMARTS) is 1. The van der Waals surface area contributed by atoms with Crippen molar-refractivity contribution in [2.75, 3.05) is 72.7 Å². The number of fused-ring (bicyclic) bond motifs is 6. The number of aliphatic carboxylic acids is 1. The molecular formula is C51H78BN3NaO21. The minimum absolute atomic E-state index is 0. The predicted molar refractivity (Wildman–Crippen MR) is 269 cm³/mol. The molecule has 24 nitrogen and oxygen atoms in total. The molecule has 7 saturated heterocycles. The zero-order valence-corrected chi connectivity index (χ0v) is 47.4. The number of ether oxygens (including phenoxy) is 8. The van der Waals surface area contributed by atoms with Crippen LogP contribution in [-0.4, -0.2) is 237 Å². The third-order valence-electron chi connectivity index (χ3n) is 11.8. The maximum absolute atomic E-state index is 12.1. The number of Topliss-reactive ketones (excluding diaryl/α,β-unsaturated/α-hetero) is 3. The van der Waals surface area contributed by atoms with E-state index in [9.17, 15) is 48.3 Å². The second-order valence-electron chi connectivity index (χ2n) is 20.5. The molecule has 7 aliphatic rings. The molecule has 6 bridgehead atoms. The Morgan fingerprint density at radius 3 is 1.40 bits per heavy atom. The molecule has 7 aliphatic heterocycles. The van der Waals surface area contributed by atoms with E-state index < -0.39 is 48.2 Å². The molecular weight excluding hydrogens is 1020 g/mol. The van der Waals surface area contributed by atoms with Crippen molar-refractivity contribution in [2.45, 2.75) is 159 Å². The van der Waals surface area contributed by atoms with Crippen LogP contribution < -0.4 is 29.6 Å². The van der Waals surface area contributed by atoms with Crippen molar-refractivity contribution in [3.63, 3.8) is 0 Å². The second kappa shape index (κ2) is 36.1. The number of amides is 2. The Bertz CT molecular complexity index is 1940. The van der Waals surface area contributed by atoms with Crippen molar-refractivity contribution in [1.29, 1.82) is 0 Å². The molecule has 8 rings (SSSR count). The van der Waals surface area contributed by atoms with Gasteiger partial charge in [-0.1, -0.05) is 30.3 Å². The van der Waals surface area contributed by atoms with Gasteiger partial charge in [0.05, 0.1) is 83.1 Å². The Hall–Kier alpha value is -4.25. The van der Waals surface area contributed by atoms with Crippen LogP contribution in [0.15, 0.2) is 30.3 Å². The summed E-state index contributed by atoms with van der Waals surface area (Å²) in [5.74, 6) is -1.24. The molecule has 8 unspecified atom stereocenters. The molecule has 0 spiro atoms. The summed E-state index contributed by atoms with van der Waals surface area (Å²) in [4.78, 5) is 102. The number of aliphatic hydroxyl groups is 3. The summed E-state index contributed by atoms with van der Waals surface area (Å²) in [7, 11) is 0. The average molecular weight is 1100 g/mol. The first-order chi connectivity index (χ1) is 35.4. The van der Waals surface area contributed by atoms with Gasteiger partial charge < -0.3 is 69.3 Å². The Morgan fingerprint density at radius 1 is 0.636 bits per heavy atom. The van der Waals surface area contributed by atoms with Gasteiger partial charge in [-0.3, -0.25) is 38.7 Å². The minimum Gasteiger partial charge on any atom is -1.00 e. The SMILES string of the molecule is CC(C)(C)OC(=O)N1C2COCC1CC(=O)C2.CC(C)(C)OC(=O)N1C2COCC1CC(O)C2.O=C1CC2COCC(C1)N2Cc1ccccc1.O=CCOCC=O.O=COCC(=O)CC(=O)O.OC1COCC1O.[B].[H-].[Na+]. The van der Waals surface area contributed by atoms with Crippen molar-refractivity contribution >= 4 is 63.0 Å². The molecule has 3 radical (unpaired) electrons. The molecule has 4 N–H and O–H groups in total.